The van der Waals surface area contributed by atoms with Gasteiger partial charge in [0.15, 0.2) is 0 Å². The van der Waals surface area contributed by atoms with Gasteiger partial charge >= 0.3 is 0 Å². The lowest BCUT2D eigenvalue weighted by molar-refractivity contribution is -0.0949. The topological polar surface area (TPSA) is 71.6 Å². The molecule has 1 saturated heterocycles. The molecule has 0 spiro atoms. The van der Waals surface area contributed by atoms with Crippen molar-refractivity contribution in [3.05, 3.63) is 30.1 Å². The van der Waals surface area contributed by atoms with E-state index in [1.165, 1.54) is 0 Å². The summed E-state index contributed by atoms with van der Waals surface area (Å²) in [6.07, 6.45) is 4.43. The van der Waals surface area contributed by atoms with Crippen LogP contribution in [0.15, 0.2) is 24.5 Å². The van der Waals surface area contributed by atoms with Gasteiger partial charge in [-0.3, -0.25) is 9.88 Å². The molecular formula is C15H25N3O2. The van der Waals surface area contributed by atoms with E-state index in [2.05, 4.69) is 29.8 Å². The summed E-state index contributed by atoms with van der Waals surface area (Å²) in [7, 11) is 0. The minimum atomic E-state index is -0.130. The Balaban J connectivity index is 2.25. The van der Waals surface area contributed by atoms with Crippen LogP contribution in [0.2, 0.25) is 0 Å². The van der Waals surface area contributed by atoms with Gasteiger partial charge < -0.3 is 15.6 Å². The van der Waals surface area contributed by atoms with E-state index in [4.69, 9.17) is 10.5 Å². The molecular weight excluding hydrogens is 254 g/mol. The molecule has 1 aliphatic rings. The first-order valence-electron chi connectivity index (χ1n) is 7.31. The fourth-order valence-electron chi connectivity index (χ4n) is 2.80. The average molecular weight is 279 g/mol. The smallest absolute Gasteiger partial charge is 0.0933 e. The Morgan fingerprint density at radius 1 is 1.60 bits per heavy atom. The molecule has 1 aromatic heterocycles. The van der Waals surface area contributed by atoms with E-state index < -0.39 is 0 Å². The molecule has 5 nitrogen and oxygen atoms in total. The van der Waals surface area contributed by atoms with E-state index >= 15 is 0 Å². The Morgan fingerprint density at radius 3 is 3.00 bits per heavy atom. The van der Waals surface area contributed by atoms with Gasteiger partial charge in [0.2, 0.25) is 0 Å². The van der Waals surface area contributed by atoms with Crippen LogP contribution in [0, 0.1) is 0 Å². The zero-order valence-electron chi connectivity index (χ0n) is 12.3. The maximum atomic E-state index is 9.35. The van der Waals surface area contributed by atoms with E-state index in [1.807, 2.05) is 12.3 Å². The standard InChI is InChI=1S/C15H25N3O2/c1-3-14(16)15(12-5-4-6-17-7-12)18-8-13(9-19)20-10-11(18)2/h4-7,11,13-15,19H,3,8-10,16H2,1-2H3. The van der Waals surface area contributed by atoms with Gasteiger partial charge in [-0.2, -0.15) is 0 Å². The molecule has 0 bridgehead atoms. The molecule has 0 aromatic carbocycles. The highest BCUT2D eigenvalue weighted by atomic mass is 16.5. The summed E-state index contributed by atoms with van der Waals surface area (Å²) in [6, 6.07) is 4.45. The minimum Gasteiger partial charge on any atom is -0.394 e. The Bertz CT molecular complexity index is 401. The van der Waals surface area contributed by atoms with Gasteiger partial charge in [0.05, 0.1) is 25.4 Å². The second-order valence-corrected chi connectivity index (χ2v) is 5.49. The van der Waals surface area contributed by atoms with Crippen LogP contribution in [-0.4, -0.2) is 52.9 Å². The highest BCUT2D eigenvalue weighted by Crippen LogP contribution is 2.29. The number of morpholine rings is 1. The van der Waals surface area contributed by atoms with Gasteiger partial charge in [-0.15, -0.1) is 0 Å². The number of aliphatic hydroxyl groups is 1. The van der Waals surface area contributed by atoms with Crippen LogP contribution in [0.5, 0.6) is 0 Å². The van der Waals surface area contributed by atoms with E-state index in [9.17, 15) is 5.11 Å². The van der Waals surface area contributed by atoms with Crippen LogP contribution in [0.3, 0.4) is 0 Å². The van der Waals surface area contributed by atoms with Crippen LogP contribution in [0.25, 0.3) is 0 Å². The van der Waals surface area contributed by atoms with Crippen LogP contribution in [-0.2, 0) is 4.74 Å². The number of aromatic nitrogens is 1. The maximum Gasteiger partial charge on any atom is 0.0933 e. The van der Waals surface area contributed by atoms with Crippen LogP contribution in [0.4, 0.5) is 0 Å². The fourth-order valence-corrected chi connectivity index (χ4v) is 2.80. The van der Waals surface area contributed by atoms with Crippen LogP contribution >= 0.6 is 0 Å². The molecule has 0 saturated carbocycles. The molecule has 0 aliphatic carbocycles. The van der Waals surface area contributed by atoms with Crippen molar-refractivity contribution in [2.45, 2.75) is 44.5 Å². The second kappa shape index (κ2) is 7.13. The summed E-state index contributed by atoms with van der Waals surface area (Å²) < 4.78 is 5.62. The monoisotopic (exact) mass is 279 g/mol. The fraction of sp³-hybridized carbons (Fsp3) is 0.667. The summed E-state index contributed by atoms with van der Waals surface area (Å²) in [6.45, 7) is 5.61. The van der Waals surface area contributed by atoms with Crippen molar-refractivity contribution < 1.29 is 9.84 Å². The Hall–Kier alpha value is -1.01. The van der Waals surface area contributed by atoms with Gasteiger partial charge in [-0.05, 0) is 25.0 Å². The number of nitrogens with two attached hydrogens (primary N) is 1. The zero-order valence-corrected chi connectivity index (χ0v) is 12.3. The molecule has 2 heterocycles. The molecule has 4 atom stereocenters. The predicted octanol–water partition coefficient (Wildman–Crippen LogP) is 0.942. The third-order valence-corrected chi connectivity index (χ3v) is 4.02. The highest BCUT2D eigenvalue weighted by molar-refractivity contribution is 5.17. The molecule has 1 fully saturated rings. The van der Waals surface area contributed by atoms with Gasteiger partial charge in [-0.25, -0.2) is 0 Å². The predicted molar refractivity (Wildman–Crippen MR) is 78.2 cm³/mol. The molecule has 20 heavy (non-hydrogen) atoms. The van der Waals surface area contributed by atoms with Crippen molar-refractivity contribution in [1.29, 1.82) is 0 Å². The third-order valence-electron chi connectivity index (χ3n) is 4.02. The number of nitrogens with zero attached hydrogens (tertiary/aromatic N) is 2. The molecule has 2 rings (SSSR count). The molecule has 5 heteroatoms. The zero-order chi connectivity index (χ0) is 14.5. The lowest BCUT2D eigenvalue weighted by atomic mass is 9.95. The van der Waals surface area contributed by atoms with Gasteiger partial charge in [0.25, 0.3) is 0 Å². The van der Waals surface area contributed by atoms with Gasteiger partial charge in [0.1, 0.15) is 0 Å². The molecule has 3 N–H and O–H groups in total. The first-order valence-corrected chi connectivity index (χ1v) is 7.31. The first-order chi connectivity index (χ1) is 9.67. The molecule has 4 unspecified atom stereocenters. The summed E-state index contributed by atoms with van der Waals surface area (Å²) in [4.78, 5) is 6.56. The van der Waals surface area contributed by atoms with Crippen molar-refractivity contribution in [2.75, 3.05) is 19.8 Å². The molecule has 112 valence electrons. The van der Waals surface area contributed by atoms with E-state index in [-0.39, 0.29) is 30.8 Å². The summed E-state index contributed by atoms with van der Waals surface area (Å²) in [5.41, 5.74) is 7.49. The maximum absolute atomic E-state index is 9.35. The van der Waals surface area contributed by atoms with Crippen molar-refractivity contribution in [2.24, 2.45) is 5.73 Å². The van der Waals surface area contributed by atoms with E-state index in [1.54, 1.807) is 6.20 Å². The summed E-state index contributed by atoms with van der Waals surface area (Å²) in [5.74, 6) is 0. The van der Waals surface area contributed by atoms with Crippen LogP contribution < -0.4 is 5.73 Å². The number of ether oxygens (including phenoxy) is 1. The Labute approximate surface area is 120 Å². The van der Waals surface area contributed by atoms with E-state index in [0.29, 0.717) is 13.2 Å². The van der Waals surface area contributed by atoms with Gasteiger partial charge in [0, 0.05) is 31.0 Å². The molecule has 1 aliphatic heterocycles. The normalized spacial score (nSPS) is 27.2. The number of aliphatic hydroxyl groups excluding tert-OH is 1. The molecule has 0 amide bonds. The number of hydrogen-bond acceptors (Lipinski definition) is 5. The SMILES string of the molecule is CCC(N)C(c1cccnc1)N1CC(CO)OCC1C. The Kier molecular flexibility index (Phi) is 5.48. The van der Waals surface area contributed by atoms with E-state index in [0.717, 1.165) is 12.0 Å². The quantitative estimate of drug-likeness (QED) is 0.839. The minimum absolute atomic E-state index is 0.0408. The number of hydrogen-bond donors (Lipinski definition) is 2. The van der Waals surface area contributed by atoms with Crippen molar-refractivity contribution in [3.63, 3.8) is 0 Å². The Morgan fingerprint density at radius 2 is 2.40 bits per heavy atom. The largest absolute Gasteiger partial charge is 0.394 e. The summed E-state index contributed by atoms with van der Waals surface area (Å²) in [5, 5.41) is 9.35. The lowest BCUT2D eigenvalue weighted by Gasteiger charge is -2.44. The van der Waals surface area contributed by atoms with Gasteiger partial charge in [-0.1, -0.05) is 13.0 Å². The van der Waals surface area contributed by atoms with Crippen molar-refractivity contribution >= 4 is 0 Å². The second-order valence-electron chi connectivity index (χ2n) is 5.49. The lowest BCUT2D eigenvalue weighted by Crippen LogP contribution is -2.54. The van der Waals surface area contributed by atoms with Crippen molar-refractivity contribution in [1.82, 2.24) is 9.88 Å². The summed E-state index contributed by atoms with van der Waals surface area (Å²) >= 11 is 0. The average Bonchev–Trinajstić information content (AvgIpc) is 2.50. The van der Waals surface area contributed by atoms with Crippen molar-refractivity contribution in [3.8, 4) is 0 Å². The first kappa shape index (κ1) is 15.4. The number of pyridine rings is 1. The molecule has 0 radical (unpaired) electrons. The molecule has 1 aromatic rings. The van der Waals surface area contributed by atoms with Crippen LogP contribution in [0.1, 0.15) is 31.9 Å². The third kappa shape index (κ3) is 3.35. The highest BCUT2D eigenvalue weighted by Gasteiger charge is 2.34. The number of rotatable bonds is 5.